The Morgan fingerprint density at radius 3 is 2.38 bits per heavy atom. The minimum Gasteiger partial charge on any atom is -0.444 e. The van der Waals surface area contributed by atoms with Crippen molar-refractivity contribution in [2.75, 3.05) is 0 Å². The summed E-state index contributed by atoms with van der Waals surface area (Å²) >= 11 is 0. The number of carbonyl (C=O) groups is 2. The van der Waals surface area contributed by atoms with Gasteiger partial charge < -0.3 is 30.0 Å². The van der Waals surface area contributed by atoms with Crippen LogP contribution in [0.3, 0.4) is 0 Å². The summed E-state index contributed by atoms with van der Waals surface area (Å²) in [7, 11) is 0. The van der Waals surface area contributed by atoms with E-state index < -0.39 is 47.8 Å². The Morgan fingerprint density at radius 1 is 1.07 bits per heavy atom. The van der Waals surface area contributed by atoms with Gasteiger partial charge in [0.2, 0.25) is 5.91 Å². The third kappa shape index (κ3) is 7.56. The number of fused-ring (bicyclic) bond motifs is 1. The van der Waals surface area contributed by atoms with Crippen molar-refractivity contribution in [2.24, 2.45) is 17.8 Å². The predicted molar refractivity (Wildman–Crippen MR) is 154 cm³/mol. The Labute approximate surface area is 239 Å². The number of benzene rings is 1. The zero-order valence-electron chi connectivity index (χ0n) is 25.4. The minimum atomic E-state index is -0.928. The van der Waals surface area contributed by atoms with Crippen LogP contribution in [0.4, 0.5) is 4.79 Å². The standard InChI is InChI=1S/C32H50N2O6/c1-19(2)25(29(36)34-26-22-16-12-11-15-21(22)18-24(26)35)28-27(38-32(6,7)39-28)23(17-20-13-9-8-10-14-20)33-30(37)40-31(3,4)5/h11-12,15-16,19-20,23-28,35H,8-10,13-14,17-18H2,1-7H3,(H,33,37)(H,34,36)/t23-,24+,25+,26-,27+,28+/m0/s1. The summed E-state index contributed by atoms with van der Waals surface area (Å²) in [5.41, 5.74) is 1.37. The molecule has 1 aliphatic heterocycles. The van der Waals surface area contributed by atoms with Gasteiger partial charge in [-0.05, 0) is 64.0 Å². The number of rotatable bonds is 8. The first-order valence-electron chi connectivity index (χ1n) is 15.2. The molecule has 0 unspecified atom stereocenters. The van der Waals surface area contributed by atoms with Crippen LogP contribution in [-0.4, -0.2) is 52.8 Å². The van der Waals surface area contributed by atoms with E-state index in [4.69, 9.17) is 14.2 Å². The van der Waals surface area contributed by atoms with Gasteiger partial charge >= 0.3 is 6.09 Å². The fraction of sp³-hybridized carbons (Fsp3) is 0.750. The SMILES string of the molecule is CC(C)[C@@H](C(=O)N[C@H]1c2ccccc2C[C@H]1O)[C@H]1OC(C)(C)O[C@@H]1[C@H](CC1CCCCC1)NC(=O)OC(C)(C)C. The molecule has 1 heterocycles. The van der Waals surface area contributed by atoms with E-state index in [2.05, 4.69) is 10.6 Å². The smallest absolute Gasteiger partial charge is 0.407 e. The van der Waals surface area contributed by atoms with Crippen LogP contribution in [0.25, 0.3) is 0 Å². The van der Waals surface area contributed by atoms with E-state index >= 15 is 0 Å². The Morgan fingerprint density at radius 2 is 1.73 bits per heavy atom. The van der Waals surface area contributed by atoms with Crippen LogP contribution >= 0.6 is 0 Å². The number of aliphatic hydroxyl groups excluding tert-OH is 1. The monoisotopic (exact) mass is 558 g/mol. The number of amides is 2. The minimum absolute atomic E-state index is 0.0735. The largest absolute Gasteiger partial charge is 0.444 e. The van der Waals surface area contributed by atoms with Crippen LogP contribution in [0.15, 0.2) is 24.3 Å². The lowest BCUT2D eigenvalue weighted by molar-refractivity contribution is -0.157. The third-order valence-corrected chi connectivity index (χ3v) is 8.45. The molecule has 3 N–H and O–H groups in total. The lowest BCUT2D eigenvalue weighted by atomic mass is 9.79. The average molecular weight is 559 g/mol. The molecule has 3 aliphatic rings. The van der Waals surface area contributed by atoms with Crippen molar-refractivity contribution < 1.29 is 28.9 Å². The van der Waals surface area contributed by atoms with Crippen molar-refractivity contribution in [3.8, 4) is 0 Å². The number of ether oxygens (including phenoxy) is 3. The van der Waals surface area contributed by atoms with Crippen LogP contribution in [0.2, 0.25) is 0 Å². The number of aliphatic hydroxyl groups is 1. The molecule has 4 rings (SSSR count). The number of alkyl carbamates (subject to hydrolysis) is 1. The number of carbonyl (C=O) groups excluding carboxylic acids is 2. The van der Waals surface area contributed by atoms with Crippen LogP contribution in [0, 0.1) is 17.8 Å². The van der Waals surface area contributed by atoms with Crippen molar-refractivity contribution in [1.82, 2.24) is 10.6 Å². The fourth-order valence-electron chi connectivity index (χ4n) is 6.75. The van der Waals surface area contributed by atoms with E-state index in [-0.39, 0.29) is 17.9 Å². The molecule has 1 saturated carbocycles. The van der Waals surface area contributed by atoms with E-state index in [1.54, 1.807) is 0 Å². The zero-order chi connectivity index (χ0) is 29.2. The second kappa shape index (κ2) is 12.4. The first-order chi connectivity index (χ1) is 18.7. The van der Waals surface area contributed by atoms with E-state index in [0.29, 0.717) is 12.3 Å². The van der Waals surface area contributed by atoms with Crippen LogP contribution in [0.1, 0.15) is 104 Å². The average Bonchev–Trinajstić information content (AvgIpc) is 3.33. The number of hydrogen-bond acceptors (Lipinski definition) is 6. The molecule has 0 spiro atoms. The Balaban J connectivity index is 1.60. The maximum atomic E-state index is 14.0. The van der Waals surface area contributed by atoms with E-state index in [9.17, 15) is 14.7 Å². The molecular weight excluding hydrogens is 508 g/mol. The number of nitrogens with one attached hydrogen (secondary N) is 2. The van der Waals surface area contributed by atoms with Gasteiger partial charge in [-0.15, -0.1) is 0 Å². The van der Waals surface area contributed by atoms with Crippen LogP contribution in [-0.2, 0) is 25.4 Å². The maximum absolute atomic E-state index is 14.0. The van der Waals surface area contributed by atoms with Gasteiger partial charge in [-0.25, -0.2) is 4.79 Å². The predicted octanol–water partition coefficient (Wildman–Crippen LogP) is 5.42. The van der Waals surface area contributed by atoms with Crippen molar-refractivity contribution in [1.29, 1.82) is 0 Å². The molecule has 0 bridgehead atoms. The Kier molecular flexibility index (Phi) is 9.53. The van der Waals surface area contributed by atoms with Gasteiger partial charge in [0.25, 0.3) is 0 Å². The van der Waals surface area contributed by atoms with Gasteiger partial charge in [-0.2, -0.15) is 0 Å². The topological polar surface area (TPSA) is 106 Å². The van der Waals surface area contributed by atoms with Crippen molar-refractivity contribution in [3.63, 3.8) is 0 Å². The molecule has 0 radical (unpaired) electrons. The second-order valence-corrected chi connectivity index (χ2v) is 13.8. The molecule has 6 atom stereocenters. The zero-order valence-corrected chi connectivity index (χ0v) is 25.4. The Bertz CT molecular complexity index is 1030. The molecule has 1 aromatic carbocycles. The normalized spacial score (nSPS) is 28.1. The van der Waals surface area contributed by atoms with Gasteiger partial charge in [0.1, 0.15) is 17.8 Å². The van der Waals surface area contributed by atoms with E-state index in [0.717, 1.165) is 30.4 Å². The highest BCUT2D eigenvalue weighted by atomic mass is 16.8. The maximum Gasteiger partial charge on any atom is 0.407 e. The molecule has 1 saturated heterocycles. The number of hydrogen-bond donors (Lipinski definition) is 3. The van der Waals surface area contributed by atoms with Crippen molar-refractivity contribution in [3.05, 3.63) is 35.4 Å². The quantitative estimate of drug-likeness (QED) is 0.394. The molecule has 2 amide bonds. The van der Waals surface area contributed by atoms with Gasteiger partial charge in [-0.3, -0.25) is 4.79 Å². The molecular formula is C32H50N2O6. The summed E-state index contributed by atoms with van der Waals surface area (Å²) in [5.74, 6) is -1.28. The van der Waals surface area contributed by atoms with Crippen LogP contribution in [0.5, 0.6) is 0 Å². The van der Waals surface area contributed by atoms with Gasteiger partial charge in [0.05, 0.1) is 24.1 Å². The summed E-state index contributed by atoms with van der Waals surface area (Å²) in [6.07, 6.45) is 4.78. The molecule has 8 nitrogen and oxygen atoms in total. The van der Waals surface area contributed by atoms with Gasteiger partial charge in [0.15, 0.2) is 5.79 Å². The highest BCUT2D eigenvalue weighted by molar-refractivity contribution is 5.80. The van der Waals surface area contributed by atoms with Gasteiger partial charge in [0, 0.05) is 6.42 Å². The summed E-state index contributed by atoms with van der Waals surface area (Å²) in [6.45, 7) is 13.3. The van der Waals surface area contributed by atoms with Crippen LogP contribution < -0.4 is 10.6 Å². The lowest BCUT2D eigenvalue weighted by Crippen LogP contribution is -2.54. The Hall–Kier alpha value is -2.16. The summed E-state index contributed by atoms with van der Waals surface area (Å²) < 4.78 is 18.6. The molecule has 40 heavy (non-hydrogen) atoms. The first kappa shape index (κ1) is 30.8. The molecule has 2 fully saturated rings. The second-order valence-electron chi connectivity index (χ2n) is 13.8. The molecule has 8 heteroatoms. The molecule has 0 aromatic heterocycles. The molecule has 2 aliphatic carbocycles. The molecule has 1 aromatic rings. The highest BCUT2D eigenvalue weighted by Crippen LogP contribution is 2.40. The lowest BCUT2D eigenvalue weighted by Gasteiger charge is -2.36. The van der Waals surface area contributed by atoms with Gasteiger partial charge in [-0.1, -0.05) is 70.2 Å². The first-order valence-corrected chi connectivity index (χ1v) is 15.2. The van der Waals surface area contributed by atoms with Crippen molar-refractivity contribution >= 4 is 12.0 Å². The summed E-state index contributed by atoms with van der Waals surface area (Å²) in [5, 5.41) is 17.1. The highest BCUT2D eigenvalue weighted by Gasteiger charge is 2.52. The van der Waals surface area contributed by atoms with E-state index in [1.165, 1.54) is 19.3 Å². The molecule has 224 valence electrons. The summed E-state index contributed by atoms with van der Waals surface area (Å²) in [6, 6.07) is 6.99. The van der Waals surface area contributed by atoms with Crippen molar-refractivity contribution in [2.45, 2.75) is 135 Å². The van der Waals surface area contributed by atoms with E-state index in [1.807, 2.05) is 72.7 Å². The third-order valence-electron chi connectivity index (χ3n) is 8.45. The fourth-order valence-corrected chi connectivity index (χ4v) is 6.75. The summed E-state index contributed by atoms with van der Waals surface area (Å²) in [4.78, 5) is 27.0.